The van der Waals surface area contributed by atoms with E-state index in [1.165, 1.54) is 12.1 Å². The van der Waals surface area contributed by atoms with Crippen LogP contribution in [0.15, 0.2) is 69.7 Å². The Morgan fingerprint density at radius 1 is 0.966 bits per heavy atom. The van der Waals surface area contributed by atoms with Crippen LogP contribution >= 0.6 is 0 Å². The third-order valence-electron chi connectivity index (χ3n) is 4.22. The van der Waals surface area contributed by atoms with Gasteiger partial charge in [0.2, 0.25) is 11.7 Å². The molecule has 1 amide bonds. The summed E-state index contributed by atoms with van der Waals surface area (Å²) in [5, 5.41) is 10.5. The standard InChI is InChI=1S/C21H17FN4O3/c22-16-10-8-15(9-11-16)20-24-19(29-26-20)7-4-12-23-21(27)17-13-18(28-25-17)14-5-2-1-3-6-14/h1-3,5-6,8-11,13H,4,7,12H2,(H,23,27). The van der Waals surface area contributed by atoms with Crippen LogP contribution in [0, 0.1) is 5.82 Å². The maximum Gasteiger partial charge on any atom is 0.273 e. The third-order valence-corrected chi connectivity index (χ3v) is 4.22. The van der Waals surface area contributed by atoms with E-state index in [2.05, 4.69) is 20.6 Å². The smallest absolute Gasteiger partial charge is 0.273 e. The molecule has 0 aliphatic rings. The van der Waals surface area contributed by atoms with Crippen LogP contribution in [0.1, 0.15) is 22.8 Å². The molecule has 7 nitrogen and oxygen atoms in total. The maximum absolute atomic E-state index is 13.0. The first kappa shape index (κ1) is 18.5. The monoisotopic (exact) mass is 392 g/mol. The van der Waals surface area contributed by atoms with Crippen LogP contribution in [-0.2, 0) is 6.42 Å². The number of aromatic nitrogens is 3. The number of halogens is 1. The number of carbonyl (C=O) groups excluding carboxylic acids is 1. The highest BCUT2D eigenvalue weighted by Gasteiger charge is 2.14. The second-order valence-electron chi connectivity index (χ2n) is 6.32. The summed E-state index contributed by atoms with van der Waals surface area (Å²) in [6.07, 6.45) is 1.11. The highest BCUT2D eigenvalue weighted by atomic mass is 19.1. The molecule has 0 saturated heterocycles. The van der Waals surface area contributed by atoms with E-state index in [4.69, 9.17) is 9.05 Å². The van der Waals surface area contributed by atoms with E-state index in [0.717, 1.165) is 5.56 Å². The number of nitrogens with one attached hydrogen (secondary N) is 1. The van der Waals surface area contributed by atoms with E-state index < -0.39 is 0 Å². The molecular formula is C21H17FN4O3. The summed E-state index contributed by atoms with van der Waals surface area (Å²) >= 11 is 0. The lowest BCUT2D eigenvalue weighted by Gasteiger charge is -2.00. The van der Waals surface area contributed by atoms with Crippen LogP contribution in [0.3, 0.4) is 0 Å². The Morgan fingerprint density at radius 3 is 2.55 bits per heavy atom. The van der Waals surface area contributed by atoms with Crippen molar-refractivity contribution in [2.24, 2.45) is 0 Å². The van der Waals surface area contributed by atoms with E-state index in [1.54, 1.807) is 18.2 Å². The molecular weight excluding hydrogens is 375 g/mol. The Morgan fingerprint density at radius 2 is 1.76 bits per heavy atom. The minimum atomic E-state index is -0.323. The summed E-state index contributed by atoms with van der Waals surface area (Å²) in [6.45, 7) is 0.417. The van der Waals surface area contributed by atoms with Crippen LogP contribution in [0.5, 0.6) is 0 Å². The fourth-order valence-electron chi connectivity index (χ4n) is 2.73. The Labute approximate surface area is 165 Å². The number of hydrogen-bond acceptors (Lipinski definition) is 6. The zero-order valence-corrected chi connectivity index (χ0v) is 15.3. The lowest BCUT2D eigenvalue weighted by Crippen LogP contribution is -2.25. The second-order valence-corrected chi connectivity index (χ2v) is 6.32. The van der Waals surface area contributed by atoms with E-state index in [9.17, 15) is 9.18 Å². The number of amides is 1. The molecule has 4 aromatic rings. The molecule has 0 aliphatic carbocycles. The molecule has 146 valence electrons. The number of benzene rings is 2. The maximum atomic E-state index is 13.0. The molecule has 8 heteroatoms. The molecule has 4 rings (SSSR count). The summed E-state index contributed by atoms with van der Waals surface area (Å²) in [5.41, 5.74) is 1.75. The van der Waals surface area contributed by atoms with Gasteiger partial charge >= 0.3 is 0 Å². The van der Waals surface area contributed by atoms with Crippen LogP contribution < -0.4 is 5.32 Å². The number of rotatable bonds is 7. The molecule has 0 radical (unpaired) electrons. The average molecular weight is 392 g/mol. The van der Waals surface area contributed by atoms with Gasteiger partial charge in [-0.1, -0.05) is 40.6 Å². The molecule has 2 aromatic carbocycles. The quantitative estimate of drug-likeness (QED) is 0.480. The third kappa shape index (κ3) is 4.55. The number of hydrogen-bond donors (Lipinski definition) is 1. The average Bonchev–Trinajstić information content (AvgIpc) is 3.42. The van der Waals surface area contributed by atoms with Crippen molar-refractivity contribution in [3.8, 4) is 22.7 Å². The molecule has 0 spiro atoms. The molecule has 2 aromatic heterocycles. The SMILES string of the molecule is O=C(NCCCc1nc(-c2ccc(F)cc2)no1)c1cc(-c2ccccc2)on1. The van der Waals surface area contributed by atoms with Gasteiger partial charge in [0, 0.05) is 30.2 Å². The zero-order chi connectivity index (χ0) is 20.1. The molecule has 1 N–H and O–H groups in total. The molecule has 0 saturated carbocycles. The Balaban J connectivity index is 1.26. The summed E-state index contributed by atoms with van der Waals surface area (Å²) < 4.78 is 23.4. The molecule has 0 bridgehead atoms. The van der Waals surface area contributed by atoms with Gasteiger partial charge in [0.05, 0.1) is 0 Å². The van der Waals surface area contributed by atoms with Gasteiger partial charge in [0.25, 0.3) is 5.91 Å². The van der Waals surface area contributed by atoms with Crippen LogP contribution in [0.2, 0.25) is 0 Å². The van der Waals surface area contributed by atoms with Gasteiger partial charge in [0.1, 0.15) is 5.82 Å². The largest absolute Gasteiger partial charge is 0.355 e. The first-order chi connectivity index (χ1) is 14.2. The van der Waals surface area contributed by atoms with Gasteiger partial charge in [-0.15, -0.1) is 0 Å². The first-order valence-corrected chi connectivity index (χ1v) is 9.08. The predicted molar refractivity (Wildman–Crippen MR) is 102 cm³/mol. The molecule has 0 atom stereocenters. The van der Waals surface area contributed by atoms with Crippen molar-refractivity contribution >= 4 is 5.91 Å². The minimum absolute atomic E-state index is 0.222. The lowest BCUT2D eigenvalue weighted by molar-refractivity contribution is 0.0944. The van der Waals surface area contributed by atoms with Crippen molar-refractivity contribution in [3.05, 3.63) is 78.1 Å². The predicted octanol–water partition coefficient (Wildman–Crippen LogP) is 3.89. The van der Waals surface area contributed by atoms with E-state index >= 15 is 0 Å². The Bertz CT molecular complexity index is 1090. The van der Waals surface area contributed by atoms with Gasteiger partial charge in [-0.05, 0) is 30.7 Å². The lowest BCUT2D eigenvalue weighted by atomic mass is 10.1. The summed E-state index contributed by atoms with van der Waals surface area (Å²) in [6, 6.07) is 16.9. The van der Waals surface area contributed by atoms with Gasteiger partial charge < -0.3 is 14.4 Å². The fourth-order valence-corrected chi connectivity index (χ4v) is 2.73. The Hall–Kier alpha value is -3.81. The summed E-state index contributed by atoms with van der Waals surface area (Å²) in [5.74, 6) is 0.756. The topological polar surface area (TPSA) is 94.1 Å². The number of nitrogens with zero attached hydrogens (tertiary/aromatic N) is 3. The molecule has 0 unspecified atom stereocenters. The minimum Gasteiger partial charge on any atom is -0.355 e. The first-order valence-electron chi connectivity index (χ1n) is 9.08. The number of carbonyl (C=O) groups is 1. The highest BCUT2D eigenvalue weighted by Crippen LogP contribution is 2.20. The van der Waals surface area contributed by atoms with Gasteiger partial charge in [0.15, 0.2) is 11.5 Å². The van der Waals surface area contributed by atoms with E-state index in [0.29, 0.717) is 42.4 Å². The van der Waals surface area contributed by atoms with Crippen molar-refractivity contribution in [3.63, 3.8) is 0 Å². The van der Waals surface area contributed by atoms with Crippen molar-refractivity contribution < 1.29 is 18.2 Å². The Kier molecular flexibility index (Phi) is 5.42. The molecule has 0 fully saturated rings. The van der Waals surface area contributed by atoms with Gasteiger partial charge in [-0.25, -0.2) is 4.39 Å². The van der Waals surface area contributed by atoms with Crippen LogP contribution in [-0.4, -0.2) is 27.7 Å². The van der Waals surface area contributed by atoms with Crippen LogP contribution in [0.4, 0.5) is 4.39 Å². The molecule has 29 heavy (non-hydrogen) atoms. The normalized spacial score (nSPS) is 10.8. The fraction of sp³-hybridized carbons (Fsp3) is 0.143. The van der Waals surface area contributed by atoms with E-state index in [1.807, 2.05) is 30.3 Å². The second kappa shape index (κ2) is 8.47. The highest BCUT2D eigenvalue weighted by molar-refractivity contribution is 5.93. The summed E-state index contributed by atoms with van der Waals surface area (Å²) in [7, 11) is 0. The van der Waals surface area contributed by atoms with E-state index in [-0.39, 0.29) is 17.4 Å². The van der Waals surface area contributed by atoms with Crippen molar-refractivity contribution in [1.82, 2.24) is 20.6 Å². The van der Waals surface area contributed by atoms with Crippen LogP contribution in [0.25, 0.3) is 22.7 Å². The van der Waals surface area contributed by atoms with Gasteiger partial charge in [-0.3, -0.25) is 4.79 Å². The van der Waals surface area contributed by atoms with Gasteiger partial charge in [-0.2, -0.15) is 4.98 Å². The van der Waals surface area contributed by atoms with Crippen molar-refractivity contribution in [1.29, 1.82) is 0 Å². The molecule has 2 heterocycles. The summed E-state index contributed by atoms with van der Waals surface area (Å²) in [4.78, 5) is 16.5. The van der Waals surface area contributed by atoms with Crippen molar-refractivity contribution in [2.45, 2.75) is 12.8 Å². The van der Waals surface area contributed by atoms with Crippen molar-refractivity contribution in [2.75, 3.05) is 6.54 Å². The molecule has 0 aliphatic heterocycles. The zero-order valence-electron chi connectivity index (χ0n) is 15.3. The number of aryl methyl sites for hydroxylation is 1.